The van der Waals surface area contributed by atoms with Gasteiger partial charge in [0.25, 0.3) is 6.43 Å². The van der Waals surface area contributed by atoms with Crippen LogP contribution in [-0.2, 0) is 20.7 Å². The first kappa shape index (κ1) is 23.4. The summed E-state index contributed by atoms with van der Waals surface area (Å²) in [5.74, 6) is -1.09. The first-order chi connectivity index (χ1) is 15.8. The highest BCUT2D eigenvalue weighted by Crippen LogP contribution is 2.34. The maximum Gasteiger partial charge on any atom is 0.266 e. The number of nitrogens with one attached hydrogen (secondary N) is 2. The molecule has 1 aromatic heterocycles. The van der Waals surface area contributed by atoms with Crippen molar-refractivity contribution in [3.05, 3.63) is 52.7 Å². The predicted molar refractivity (Wildman–Crippen MR) is 110 cm³/mol. The Labute approximate surface area is 187 Å². The molecule has 2 heterocycles. The number of amides is 1. The van der Waals surface area contributed by atoms with Crippen LogP contribution in [0.3, 0.4) is 0 Å². The Morgan fingerprint density at radius 2 is 1.88 bits per heavy atom. The first-order valence-electron chi connectivity index (χ1n) is 10.7. The smallest absolute Gasteiger partial charge is 0.266 e. The molecule has 7 nitrogen and oxygen atoms in total. The van der Waals surface area contributed by atoms with Crippen molar-refractivity contribution in [2.45, 2.75) is 57.2 Å². The summed E-state index contributed by atoms with van der Waals surface area (Å²) >= 11 is 0. The van der Waals surface area contributed by atoms with E-state index in [0.717, 1.165) is 6.07 Å². The minimum Gasteiger partial charge on any atom is -0.363 e. The van der Waals surface area contributed by atoms with Gasteiger partial charge in [-0.1, -0.05) is 18.2 Å². The van der Waals surface area contributed by atoms with Gasteiger partial charge in [0.2, 0.25) is 5.91 Å². The Kier molecular flexibility index (Phi) is 7.08. The van der Waals surface area contributed by atoms with Gasteiger partial charge in [-0.3, -0.25) is 4.79 Å². The van der Waals surface area contributed by atoms with E-state index >= 15 is 0 Å². The van der Waals surface area contributed by atoms with Gasteiger partial charge in [-0.2, -0.15) is 0 Å². The molecule has 2 aromatic rings. The fraction of sp³-hybridized carbons (Fsp3) is 0.500. The Balaban J connectivity index is 1.58. The van der Waals surface area contributed by atoms with E-state index in [1.54, 1.807) is 6.92 Å². The lowest BCUT2D eigenvalue weighted by atomic mass is 9.90. The quantitative estimate of drug-likeness (QED) is 0.571. The minimum absolute atomic E-state index is 0.0377. The number of rotatable bonds is 8. The van der Waals surface area contributed by atoms with Crippen LogP contribution in [0.2, 0.25) is 0 Å². The molecule has 4 rings (SSSR count). The number of hydrogen-bond acceptors (Lipinski definition) is 6. The highest BCUT2D eigenvalue weighted by Gasteiger charge is 2.32. The van der Waals surface area contributed by atoms with E-state index in [4.69, 9.17) is 9.47 Å². The van der Waals surface area contributed by atoms with Gasteiger partial charge < -0.3 is 20.1 Å². The third-order valence-electron chi connectivity index (χ3n) is 5.71. The van der Waals surface area contributed by atoms with Crippen molar-refractivity contribution in [1.29, 1.82) is 0 Å². The lowest BCUT2D eigenvalue weighted by Crippen LogP contribution is -2.45. The van der Waals surface area contributed by atoms with E-state index < -0.39 is 36.3 Å². The molecular formula is C22H24F4N4O3. The summed E-state index contributed by atoms with van der Waals surface area (Å²) in [7, 11) is 0. The number of hydrogen-bond donors (Lipinski definition) is 2. The zero-order chi connectivity index (χ0) is 23.5. The molecule has 0 unspecified atom stereocenters. The van der Waals surface area contributed by atoms with E-state index in [2.05, 4.69) is 20.6 Å². The van der Waals surface area contributed by atoms with Crippen molar-refractivity contribution in [3.63, 3.8) is 0 Å². The second-order valence-corrected chi connectivity index (χ2v) is 8.08. The van der Waals surface area contributed by atoms with Crippen LogP contribution in [-0.4, -0.2) is 41.3 Å². The van der Waals surface area contributed by atoms with Crippen LogP contribution in [0.25, 0.3) is 0 Å². The monoisotopic (exact) mass is 468 g/mol. The third-order valence-corrected chi connectivity index (χ3v) is 5.71. The maximum absolute atomic E-state index is 14.6. The highest BCUT2D eigenvalue weighted by atomic mass is 19.3. The molecule has 0 spiro atoms. The van der Waals surface area contributed by atoms with Gasteiger partial charge in [-0.05, 0) is 19.8 Å². The summed E-state index contributed by atoms with van der Waals surface area (Å²) in [6.07, 6.45) is -3.00. The van der Waals surface area contributed by atoms with E-state index in [1.807, 2.05) is 0 Å². The molecule has 1 atom stereocenters. The molecule has 0 bridgehead atoms. The highest BCUT2D eigenvalue weighted by molar-refractivity contribution is 5.79. The Hall–Kier alpha value is -2.79. The average Bonchev–Trinajstić information content (AvgIpc) is 3.27. The third kappa shape index (κ3) is 5.25. The molecular weight excluding hydrogens is 444 g/mol. The van der Waals surface area contributed by atoms with Crippen LogP contribution in [0.4, 0.5) is 23.4 Å². The van der Waals surface area contributed by atoms with Gasteiger partial charge >= 0.3 is 0 Å². The van der Waals surface area contributed by atoms with Gasteiger partial charge in [0.05, 0.1) is 42.5 Å². The Morgan fingerprint density at radius 1 is 1.18 bits per heavy atom. The average molecular weight is 468 g/mol. The van der Waals surface area contributed by atoms with Crippen molar-refractivity contribution in [1.82, 2.24) is 15.3 Å². The topological polar surface area (TPSA) is 85.4 Å². The Bertz CT molecular complexity index is 998. The fourth-order valence-corrected chi connectivity index (χ4v) is 3.91. The number of anilines is 1. The predicted octanol–water partition coefficient (Wildman–Crippen LogP) is 3.93. The molecule has 2 aliphatic rings. The molecule has 11 heteroatoms. The van der Waals surface area contributed by atoms with Crippen molar-refractivity contribution in [2.75, 3.05) is 18.5 Å². The Morgan fingerprint density at radius 3 is 2.55 bits per heavy atom. The summed E-state index contributed by atoms with van der Waals surface area (Å²) in [5, 5.41) is 5.78. The zero-order valence-electron chi connectivity index (χ0n) is 17.9. The molecule has 0 radical (unpaired) electrons. The summed E-state index contributed by atoms with van der Waals surface area (Å²) in [6, 6.07) is 2.86. The molecule has 2 fully saturated rings. The fourth-order valence-electron chi connectivity index (χ4n) is 3.91. The number of nitrogens with zero attached hydrogens (tertiary/aromatic N) is 2. The van der Waals surface area contributed by atoms with E-state index in [0.29, 0.717) is 24.5 Å². The second kappa shape index (κ2) is 10.0. The van der Waals surface area contributed by atoms with Gasteiger partial charge in [-0.15, -0.1) is 0 Å². The van der Waals surface area contributed by atoms with Crippen LogP contribution < -0.4 is 10.6 Å². The lowest BCUT2D eigenvalue weighted by Gasteiger charge is -2.30. The number of carbonyl (C=O) groups is 1. The SMILES string of the molecule is C[C@@H](Nc1ncnc(CC(=O)N[C@H]2C[C@H](F)C2)c1C1OCCO1)c1cccc(C(F)F)c1F. The van der Waals surface area contributed by atoms with Crippen LogP contribution >= 0.6 is 0 Å². The van der Waals surface area contributed by atoms with Crippen molar-refractivity contribution in [3.8, 4) is 0 Å². The number of ether oxygens (including phenoxy) is 2. The standard InChI is InChI=1S/C22H24F4N4O3/c1-11(14-3-2-4-15(19(14)24)20(25)26)29-21-18(22-32-5-6-33-22)16(27-10-28-21)9-17(31)30-13-7-12(23)8-13/h2-4,10-13,20,22H,5-9H2,1H3,(H,30,31)(H,27,28,29)/t11-,12-,13-/m1/s1. The molecule has 1 aliphatic carbocycles. The van der Waals surface area contributed by atoms with E-state index in [9.17, 15) is 22.4 Å². The van der Waals surface area contributed by atoms with Gasteiger partial charge in [0.1, 0.15) is 24.1 Å². The molecule has 1 aromatic carbocycles. The molecule has 178 valence electrons. The lowest BCUT2D eigenvalue weighted by molar-refractivity contribution is -0.122. The zero-order valence-corrected chi connectivity index (χ0v) is 17.9. The number of aromatic nitrogens is 2. The number of benzene rings is 1. The summed E-state index contributed by atoms with van der Waals surface area (Å²) in [5.41, 5.74) is 0.0625. The number of alkyl halides is 3. The molecule has 33 heavy (non-hydrogen) atoms. The molecule has 1 amide bonds. The minimum atomic E-state index is -2.94. The van der Waals surface area contributed by atoms with Crippen LogP contribution in [0.15, 0.2) is 24.5 Å². The normalized spacial score (nSPS) is 21.6. The van der Waals surface area contributed by atoms with E-state index in [-0.39, 0.29) is 42.6 Å². The number of halogens is 4. The van der Waals surface area contributed by atoms with E-state index in [1.165, 1.54) is 18.5 Å². The number of carbonyl (C=O) groups excluding carboxylic acids is 1. The van der Waals surface area contributed by atoms with Crippen molar-refractivity contribution < 1.29 is 31.8 Å². The van der Waals surface area contributed by atoms with Crippen LogP contribution in [0, 0.1) is 5.82 Å². The second-order valence-electron chi connectivity index (χ2n) is 8.08. The van der Waals surface area contributed by atoms with Gasteiger partial charge in [0, 0.05) is 11.6 Å². The summed E-state index contributed by atoms with van der Waals surface area (Å²) in [6.45, 7) is 2.25. The van der Waals surface area contributed by atoms with Gasteiger partial charge in [-0.25, -0.2) is 27.5 Å². The van der Waals surface area contributed by atoms with Crippen LogP contribution in [0.5, 0.6) is 0 Å². The van der Waals surface area contributed by atoms with Crippen molar-refractivity contribution >= 4 is 11.7 Å². The maximum atomic E-state index is 14.6. The molecule has 1 aliphatic heterocycles. The first-order valence-corrected chi connectivity index (χ1v) is 10.7. The van der Waals surface area contributed by atoms with Gasteiger partial charge in [0.15, 0.2) is 6.29 Å². The largest absolute Gasteiger partial charge is 0.363 e. The molecule has 1 saturated heterocycles. The summed E-state index contributed by atoms with van der Waals surface area (Å²) < 4.78 is 65.1. The van der Waals surface area contributed by atoms with Crippen LogP contribution in [0.1, 0.15) is 60.9 Å². The van der Waals surface area contributed by atoms with Crippen molar-refractivity contribution in [2.24, 2.45) is 0 Å². The summed E-state index contributed by atoms with van der Waals surface area (Å²) in [4.78, 5) is 20.9. The molecule has 1 saturated carbocycles. The molecule has 2 N–H and O–H groups in total.